The lowest BCUT2D eigenvalue weighted by atomic mass is 10.2. The number of nitrogens with two attached hydrogens (primary N) is 1. The van der Waals surface area contributed by atoms with Crippen molar-refractivity contribution >= 4 is 39.8 Å². The second-order valence-electron chi connectivity index (χ2n) is 4.32. The fraction of sp³-hybridized carbons (Fsp3) is 0.583. The Balaban J connectivity index is 2.25. The molecule has 0 atom stereocenters. The average Bonchev–Trinajstić information content (AvgIpc) is 2.97. The van der Waals surface area contributed by atoms with Gasteiger partial charge in [-0.3, -0.25) is 0 Å². The second kappa shape index (κ2) is 5.84. The Kier molecular flexibility index (Phi) is 4.40. The number of carbonyl (C=O) groups excluding carboxylic acids is 1. The first-order valence-electron chi connectivity index (χ1n) is 5.98. The number of anilines is 2. The highest BCUT2D eigenvalue weighted by molar-refractivity contribution is 7.99. The third-order valence-electron chi connectivity index (χ3n) is 3.16. The smallest absolute Gasteiger partial charge is 0.350 e. The van der Waals surface area contributed by atoms with Crippen LogP contribution in [0.4, 0.5) is 10.7 Å². The number of esters is 1. The summed E-state index contributed by atoms with van der Waals surface area (Å²) < 4.78 is 4.75. The Bertz CT molecular complexity index is 440. The maximum Gasteiger partial charge on any atom is 0.350 e. The second-order valence-corrected chi connectivity index (χ2v) is 6.16. The van der Waals surface area contributed by atoms with Crippen LogP contribution >= 0.6 is 23.1 Å². The zero-order valence-corrected chi connectivity index (χ0v) is 12.2. The molecule has 0 unspecified atom stereocenters. The van der Waals surface area contributed by atoms with E-state index in [1.165, 1.54) is 44.1 Å². The van der Waals surface area contributed by atoms with E-state index in [0.29, 0.717) is 16.6 Å². The quantitative estimate of drug-likeness (QED) is 0.657. The number of carbonyl (C=O) groups is 1. The lowest BCUT2D eigenvalue weighted by Crippen LogP contribution is -2.13. The van der Waals surface area contributed by atoms with E-state index in [4.69, 9.17) is 10.5 Å². The van der Waals surface area contributed by atoms with Crippen molar-refractivity contribution in [3.63, 3.8) is 0 Å². The van der Waals surface area contributed by atoms with Gasteiger partial charge in [0.25, 0.3) is 0 Å². The van der Waals surface area contributed by atoms with Crippen LogP contribution in [0, 0.1) is 0 Å². The third-order valence-corrected chi connectivity index (χ3v) is 5.24. The van der Waals surface area contributed by atoms with Crippen LogP contribution in [0.5, 0.6) is 0 Å². The maximum absolute atomic E-state index is 11.6. The van der Waals surface area contributed by atoms with Crippen LogP contribution in [-0.4, -0.2) is 25.4 Å². The molecule has 0 radical (unpaired) electrons. The SMILES string of the molecule is COC(=O)c1sc(NC2CCCC2)c(SC)c1N. The number of thiophene rings is 1. The lowest BCUT2D eigenvalue weighted by molar-refractivity contribution is 0.0607. The highest BCUT2D eigenvalue weighted by Gasteiger charge is 2.23. The van der Waals surface area contributed by atoms with Crippen LogP contribution in [-0.2, 0) is 4.74 Å². The van der Waals surface area contributed by atoms with Crippen molar-refractivity contribution in [1.29, 1.82) is 0 Å². The number of ether oxygens (including phenoxy) is 1. The molecule has 1 aromatic heterocycles. The summed E-state index contributed by atoms with van der Waals surface area (Å²) >= 11 is 2.97. The van der Waals surface area contributed by atoms with Crippen LogP contribution in [0.25, 0.3) is 0 Å². The van der Waals surface area contributed by atoms with E-state index in [1.54, 1.807) is 11.8 Å². The first-order chi connectivity index (χ1) is 8.67. The minimum atomic E-state index is -0.354. The van der Waals surface area contributed by atoms with Crippen molar-refractivity contribution in [1.82, 2.24) is 0 Å². The summed E-state index contributed by atoms with van der Waals surface area (Å²) in [7, 11) is 1.38. The summed E-state index contributed by atoms with van der Waals surface area (Å²) in [6, 6.07) is 0.513. The van der Waals surface area contributed by atoms with E-state index < -0.39 is 0 Å². The number of thioether (sulfide) groups is 1. The van der Waals surface area contributed by atoms with Crippen molar-refractivity contribution in [3.05, 3.63) is 4.88 Å². The molecule has 3 N–H and O–H groups in total. The van der Waals surface area contributed by atoms with Gasteiger partial charge in [-0.05, 0) is 19.1 Å². The summed E-state index contributed by atoms with van der Waals surface area (Å²) in [6.45, 7) is 0. The Labute approximate surface area is 115 Å². The van der Waals surface area contributed by atoms with E-state index in [9.17, 15) is 4.79 Å². The molecule has 18 heavy (non-hydrogen) atoms. The van der Waals surface area contributed by atoms with Crippen molar-refractivity contribution in [2.45, 2.75) is 36.6 Å². The first-order valence-corrected chi connectivity index (χ1v) is 8.02. The van der Waals surface area contributed by atoms with Crippen LogP contribution in [0.3, 0.4) is 0 Å². The molecular weight excluding hydrogens is 268 g/mol. The van der Waals surface area contributed by atoms with E-state index in [2.05, 4.69) is 5.32 Å². The summed E-state index contributed by atoms with van der Waals surface area (Å²) in [5.41, 5.74) is 6.56. The van der Waals surface area contributed by atoms with Gasteiger partial charge in [-0.15, -0.1) is 23.1 Å². The Morgan fingerprint density at radius 3 is 2.72 bits per heavy atom. The molecule has 1 aliphatic rings. The molecule has 0 amide bonds. The average molecular weight is 286 g/mol. The predicted octanol–water partition coefficient (Wildman–Crippen LogP) is 3.19. The molecule has 2 rings (SSSR count). The van der Waals surface area contributed by atoms with Gasteiger partial charge < -0.3 is 15.8 Å². The number of hydrogen-bond acceptors (Lipinski definition) is 6. The molecule has 0 saturated heterocycles. The highest BCUT2D eigenvalue weighted by Crippen LogP contribution is 2.43. The van der Waals surface area contributed by atoms with Crippen LogP contribution in [0.1, 0.15) is 35.4 Å². The number of nitrogens with one attached hydrogen (secondary N) is 1. The number of hydrogen-bond donors (Lipinski definition) is 2. The maximum atomic E-state index is 11.6. The van der Waals surface area contributed by atoms with Crippen molar-refractivity contribution in [2.75, 3.05) is 24.4 Å². The first kappa shape index (κ1) is 13.5. The molecule has 100 valence electrons. The molecule has 1 aliphatic carbocycles. The van der Waals surface area contributed by atoms with E-state index in [0.717, 1.165) is 9.90 Å². The molecule has 1 aromatic rings. The predicted molar refractivity (Wildman–Crippen MR) is 77.7 cm³/mol. The van der Waals surface area contributed by atoms with Gasteiger partial charge in [0.1, 0.15) is 9.88 Å². The normalized spacial score (nSPS) is 15.9. The van der Waals surface area contributed by atoms with Crippen molar-refractivity contribution in [2.24, 2.45) is 0 Å². The fourth-order valence-electron chi connectivity index (χ4n) is 2.23. The number of rotatable bonds is 4. The third kappa shape index (κ3) is 2.59. The van der Waals surface area contributed by atoms with Crippen LogP contribution in [0.2, 0.25) is 0 Å². The summed E-state index contributed by atoms with van der Waals surface area (Å²) in [6.07, 6.45) is 6.91. The lowest BCUT2D eigenvalue weighted by Gasteiger charge is -2.12. The largest absolute Gasteiger partial charge is 0.465 e. The monoisotopic (exact) mass is 286 g/mol. The molecule has 1 heterocycles. The zero-order valence-electron chi connectivity index (χ0n) is 10.6. The van der Waals surface area contributed by atoms with Crippen LogP contribution < -0.4 is 11.1 Å². The Morgan fingerprint density at radius 2 is 2.17 bits per heavy atom. The van der Waals surface area contributed by atoms with Crippen molar-refractivity contribution < 1.29 is 9.53 Å². The molecular formula is C12H18N2O2S2. The standard InChI is InChI=1S/C12H18N2O2S2/c1-16-12(15)10-8(13)9(17-2)11(18-10)14-7-5-3-4-6-7/h7,14H,3-6,13H2,1-2H3. The molecule has 0 spiro atoms. The molecule has 0 bridgehead atoms. The van der Waals surface area contributed by atoms with E-state index in [-0.39, 0.29) is 5.97 Å². The topological polar surface area (TPSA) is 64.3 Å². The van der Waals surface area contributed by atoms with Gasteiger partial charge in [-0.25, -0.2) is 4.79 Å². The summed E-state index contributed by atoms with van der Waals surface area (Å²) in [5.74, 6) is -0.354. The van der Waals surface area contributed by atoms with Gasteiger partial charge in [0.2, 0.25) is 0 Å². The fourth-order valence-corrected chi connectivity index (χ4v) is 4.24. The molecule has 1 fully saturated rings. The van der Waals surface area contributed by atoms with Crippen LogP contribution in [0.15, 0.2) is 4.90 Å². The summed E-state index contributed by atoms with van der Waals surface area (Å²) in [5, 5.41) is 4.52. The molecule has 0 aliphatic heterocycles. The van der Waals surface area contributed by atoms with E-state index in [1.807, 2.05) is 6.26 Å². The van der Waals surface area contributed by atoms with Gasteiger partial charge in [-0.2, -0.15) is 0 Å². The minimum Gasteiger partial charge on any atom is -0.465 e. The molecule has 0 aromatic carbocycles. The Morgan fingerprint density at radius 1 is 1.50 bits per heavy atom. The zero-order chi connectivity index (χ0) is 13.1. The van der Waals surface area contributed by atoms with Gasteiger partial charge in [0.15, 0.2) is 0 Å². The van der Waals surface area contributed by atoms with Gasteiger partial charge in [0, 0.05) is 6.04 Å². The molecule has 6 heteroatoms. The Hall–Kier alpha value is -0.880. The van der Waals surface area contributed by atoms with Gasteiger partial charge >= 0.3 is 5.97 Å². The van der Waals surface area contributed by atoms with E-state index >= 15 is 0 Å². The summed E-state index contributed by atoms with van der Waals surface area (Å²) in [4.78, 5) is 13.1. The van der Waals surface area contributed by atoms with Gasteiger partial charge in [0.05, 0.1) is 17.7 Å². The highest BCUT2D eigenvalue weighted by atomic mass is 32.2. The minimum absolute atomic E-state index is 0.354. The number of nitrogen functional groups attached to an aromatic ring is 1. The number of methoxy groups -OCH3 is 1. The van der Waals surface area contributed by atoms with Gasteiger partial charge in [-0.1, -0.05) is 12.8 Å². The van der Waals surface area contributed by atoms with Crippen molar-refractivity contribution in [3.8, 4) is 0 Å². The molecule has 1 saturated carbocycles. The molecule has 4 nitrogen and oxygen atoms in total.